The van der Waals surface area contributed by atoms with Crippen molar-refractivity contribution >= 4 is 15.9 Å². The van der Waals surface area contributed by atoms with Gasteiger partial charge in [0.1, 0.15) is 11.9 Å². The molecule has 1 amide bonds. The van der Waals surface area contributed by atoms with Gasteiger partial charge in [0.2, 0.25) is 15.9 Å². The Hall–Kier alpha value is -2.72. The number of carbonyl (C=O) groups excluding carboxylic acids is 1. The maximum absolute atomic E-state index is 12.8. The molecule has 2 heterocycles. The number of aromatic nitrogens is 2. The Morgan fingerprint density at radius 3 is 2.59 bits per heavy atom. The third-order valence-corrected chi connectivity index (χ3v) is 5.89. The lowest BCUT2D eigenvalue weighted by Crippen LogP contribution is -2.31. The second kappa shape index (κ2) is 7.89. The highest BCUT2D eigenvalue weighted by Crippen LogP contribution is 2.25. The summed E-state index contributed by atoms with van der Waals surface area (Å²) in [7, 11) is -3.65. The number of amides is 1. The Kier molecular flexibility index (Phi) is 5.57. The minimum atomic E-state index is -3.65. The van der Waals surface area contributed by atoms with Gasteiger partial charge >= 0.3 is 0 Å². The van der Waals surface area contributed by atoms with Gasteiger partial charge in [-0.1, -0.05) is 0 Å². The second-order valence-corrected chi connectivity index (χ2v) is 8.07. The molecule has 0 saturated carbocycles. The van der Waals surface area contributed by atoms with Gasteiger partial charge in [0, 0.05) is 12.6 Å². The van der Waals surface area contributed by atoms with Crippen LogP contribution in [0.15, 0.2) is 41.3 Å². The maximum Gasteiger partial charge on any atom is 0.255 e. The Morgan fingerprint density at radius 1 is 1.22 bits per heavy atom. The zero-order chi connectivity index (χ0) is 19.4. The standard InChI is InChI=1S/C17H20N4O5S/c1-12-2-7-17(20-19-12)26-14-8-9-21(10-14)27(23,24)15-5-3-13(4-6-15)25-11-16(18)22/h2-7,14H,8-11H2,1H3,(H2,18,22)/t14-/m0/s1. The number of hydrogen-bond donors (Lipinski definition) is 1. The molecule has 1 aliphatic rings. The highest BCUT2D eigenvalue weighted by Gasteiger charge is 2.33. The molecule has 3 rings (SSSR count). The van der Waals surface area contributed by atoms with Crippen LogP contribution in [0.2, 0.25) is 0 Å². The molecule has 1 aliphatic heterocycles. The first-order valence-electron chi connectivity index (χ1n) is 8.33. The van der Waals surface area contributed by atoms with Gasteiger partial charge in [0.25, 0.3) is 5.91 Å². The summed E-state index contributed by atoms with van der Waals surface area (Å²) in [6.07, 6.45) is 0.282. The summed E-state index contributed by atoms with van der Waals surface area (Å²) < 4.78 is 37.8. The fourth-order valence-corrected chi connectivity index (χ4v) is 4.13. The molecule has 1 fully saturated rings. The Balaban J connectivity index is 1.63. The van der Waals surface area contributed by atoms with Crippen molar-refractivity contribution in [2.24, 2.45) is 5.73 Å². The van der Waals surface area contributed by atoms with Crippen LogP contribution in [-0.4, -0.2) is 54.6 Å². The van der Waals surface area contributed by atoms with Gasteiger partial charge in [0.15, 0.2) is 6.61 Å². The molecular formula is C17H20N4O5S. The summed E-state index contributed by atoms with van der Waals surface area (Å²) in [6.45, 7) is 2.15. The number of rotatable bonds is 7. The van der Waals surface area contributed by atoms with Crippen LogP contribution in [0.4, 0.5) is 0 Å². The largest absolute Gasteiger partial charge is 0.484 e. The molecule has 1 aromatic carbocycles. The molecule has 1 aromatic heterocycles. The van der Waals surface area contributed by atoms with E-state index >= 15 is 0 Å². The van der Waals surface area contributed by atoms with Crippen LogP contribution >= 0.6 is 0 Å². The molecule has 0 bridgehead atoms. The Labute approximate surface area is 157 Å². The normalized spacial score (nSPS) is 17.6. The van der Waals surface area contributed by atoms with Crippen LogP contribution in [0, 0.1) is 6.92 Å². The minimum absolute atomic E-state index is 0.143. The van der Waals surface area contributed by atoms with Gasteiger partial charge in [0.05, 0.1) is 17.1 Å². The van der Waals surface area contributed by atoms with Crippen LogP contribution < -0.4 is 15.2 Å². The number of hydrogen-bond acceptors (Lipinski definition) is 7. The smallest absolute Gasteiger partial charge is 0.255 e. The Bertz CT molecular complexity index is 900. The lowest BCUT2D eigenvalue weighted by atomic mass is 10.3. The van der Waals surface area contributed by atoms with Crippen LogP contribution in [-0.2, 0) is 14.8 Å². The van der Waals surface area contributed by atoms with E-state index in [2.05, 4.69) is 10.2 Å². The summed E-state index contributed by atoms with van der Waals surface area (Å²) in [4.78, 5) is 10.9. The van der Waals surface area contributed by atoms with E-state index in [1.54, 1.807) is 12.1 Å². The fraction of sp³-hybridized carbons (Fsp3) is 0.353. The summed E-state index contributed by atoms with van der Waals surface area (Å²) in [6, 6.07) is 9.35. The third kappa shape index (κ3) is 4.72. The van der Waals surface area contributed by atoms with Crippen molar-refractivity contribution in [3.63, 3.8) is 0 Å². The first-order chi connectivity index (χ1) is 12.8. The molecule has 0 spiro atoms. The number of primary amides is 1. The van der Waals surface area contributed by atoms with Crippen molar-refractivity contribution in [3.05, 3.63) is 42.1 Å². The molecule has 10 heteroatoms. The van der Waals surface area contributed by atoms with Gasteiger partial charge in [-0.05, 0) is 43.7 Å². The van der Waals surface area contributed by atoms with Crippen molar-refractivity contribution in [2.45, 2.75) is 24.3 Å². The van der Waals surface area contributed by atoms with E-state index < -0.39 is 15.9 Å². The second-order valence-electron chi connectivity index (χ2n) is 6.13. The van der Waals surface area contributed by atoms with Crippen molar-refractivity contribution in [3.8, 4) is 11.6 Å². The molecule has 144 valence electrons. The van der Waals surface area contributed by atoms with E-state index in [1.807, 2.05) is 6.92 Å². The molecule has 27 heavy (non-hydrogen) atoms. The van der Waals surface area contributed by atoms with Crippen LogP contribution in [0.3, 0.4) is 0 Å². The van der Waals surface area contributed by atoms with Gasteiger partial charge in [-0.25, -0.2) is 8.42 Å². The van der Waals surface area contributed by atoms with E-state index in [-0.39, 0.29) is 24.2 Å². The first kappa shape index (κ1) is 19.1. The third-order valence-electron chi connectivity index (χ3n) is 4.01. The first-order valence-corrected chi connectivity index (χ1v) is 9.77. The van der Waals surface area contributed by atoms with Crippen LogP contribution in [0.1, 0.15) is 12.1 Å². The van der Waals surface area contributed by atoms with Crippen LogP contribution in [0.25, 0.3) is 0 Å². The number of sulfonamides is 1. The number of nitrogens with zero attached hydrogens (tertiary/aromatic N) is 3. The summed E-state index contributed by atoms with van der Waals surface area (Å²) in [5.74, 6) is 0.141. The summed E-state index contributed by atoms with van der Waals surface area (Å²) in [5, 5.41) is 7.86. The monoisotopic (exact) mass is 392 g/mol. The molecule has 1 saturated heterocycles. The topological polar surface area (TPSA) is 125 Å². The SMILES string of the molecule is Cc1ccc(O[C@H]2CCN(S(=O)(=O)c3ccc(OCC(N)=O)cc3)C2)nn1. The molecular weight excluding hydrogens is 372 g/mol. The van der Waals surface area contributed by atoms with E-state index in [9.17, 15) is 13.2 Å². The highest BCUT2D eigenvalue weighted by molar-refractivity contribution is 7.89. The highest BCUT2D eigenvalue weighted by atomic mass is 32.2. The van der Waals surface area contributed by atoms with Gasteiger partial charge in [-0.3, -0.25) is 4.79 Å². The van der Waals surface area contributed by atoms with E-state index in [4.69, 9.17) is 15.2 Å². The average molecular weight is 392 g/mol. The number of nitrogens with two attached hydrogens (primary N) is 1. The quantitative estimate of drug-likeness (QED) is 0.727. The zero-order valence-electron chi connectivity index (χ0n) is 14.7. The van der Waals surface area contributed by atoms with Gasteiger partial charge < -0.3 is 15.2 Å². The predicted octanol–water partition coefficient (Wildman–Crippen LogP) is 0.491. The molecule has 9 nitrogen and oxygen atoms in total. The summed E-state index contributed by atoms with van der Waals surface area (Å²) in [5.41, 5.74) is 5.79. The fourth-order valence-electron chi connectivity index (χ4n) is 2.64. The van der Waals surface area contributed by atoms with Crippen molar-refractivity contribution in [2.75, 3.05) is 19.7 Å². The van der Waals surface area contributed by atoms with E-state index in [1.165, 1.54) is 28.6 Å². The summed E-state index contributed by atoms with van der Waals surface area (Å²) >= 11 is 0. The zero-order valence-corrected chi connectivity index (χ0v) is 15.6. The molecule has 2 N–H and O–H groups in total. The van der Waals surface area contributed by atoms with Crippen molar-refractivity contribution in [1.82, 2.24) is 14.5 Å². The van der Waals surface area contributed by atoms with Gasteiger partial charge in [-0.2, -0.15) is 9.40 Å². The molecule has 0 unspecified atom stereocenters. The Morgan fingerprint density at radius 2 is 1.96 bits per heavy atom. The maximum atomic E-state index is 12.8. The lowest BCUT2D eigenvalue weighted by Gasteiger charge is -2.17. The van der Waals surface area contributed by atoms with E-state index in [0.29, 0.717) is 24.6 Å². The van der Waals surface area contributed by atoms with Crippen molar-refractivity contribution in [1.29, 1.82) is 0 Å². The average Bonchev–Trinajstić information content (AvgIpc) is 3.12. The molecule has 0 aliphatic carbocycles. The number of aryl methyl sites for hydroxylation is 1. The number of carbonyl (C=O) groups is 1. The minimum Gasteiger partial charge on any atom is -0.484 e. The van der Waals surface area contributed by atoms with Crippen LogP contribution in [0.5, 0.6) is 11.6 Å². The molecule has 1 atom stereocenters. The lowest BCUT2D eigenvalue weighted by molar-refractivity contribution is -0.119. The predicted molar refractivity (Wildman–Crippen MR) is 95.7 cm³/mol. The van der Waals surface area contributed by atoms with Gasteiger partial charge in [-0.15, -0.1) is 5.10 Å². The van der Waals surface area contributed by atoms with E-state index in [0.717, 1.165) is 5.69 Å². The number of benzene rings is 1. The number of ether oxygens (including phenoxy) is 2. The molecule has 0 radical (unpaired) electrons. The van der Waals surface area contributed by atoms with Crippen molar-refractivity contribution < 1.29 is 22.7 Å². The molecule has 2 aromatic rings.